The van der Waals surface area contributed by atoms with Crippen molar-refractivity contribution in [1.82, 2.24) is 10.2 Å². The van der Waals surface area contributed by atoms with E-state index in [2.05, 4.69) is 29.3 Å². The maximum Gasteiger partial charge on any atom is 0.322 e. The summed E-state index contributed by atoms with van der Waals surface area (Å²) in [6, 6.07) is 6.46. The second-order valence-electron chi connectivity index (χ2n) is 11.0. The molecule has 0 aromatic heterocycles. The van der Waals surface area contributed by atoms with Crippen LogP contribution in [0.3, 0.4) is 0 Å². The van der Waals surface area contributed by atoms with E-state index >= 15 is 0 Å². The topological polar surface area (TPSA) is 87.8 Å². The first-order chi connectivity index (χ1) is 16.5. The Morgan fingerprint density at radius 3 is 2.85 bits per heavy atom. The summed E-state index contributed by atoms with van der Waals surface area (Å²) in [7, 11) is 1.46. The molecule has 4 atom stereocenters. The number of nitrogens with one attached hydrogen (secondary N) is 1. The van der Waals surface area contributed by atoms with E-state index < -0.39 is 0 Å². The molecule has 6 heteroatoms. The van der Waals surface area contributed by atoms with E-state index in [1.807, 2.05) is 6.07 Å². The van der Waals surface area contributed by atoms with Crippen LogP contribution in [0.1, 0.15) is 75.8 Å². The first-order valence-electron chi connectivity index (χ1n) is 13.6. The van der Waals surface area contributed by atoms with Gasteiger partial charge in [-0.05, 0) is 106 Å². The second kappa shape index (κ2) is 11.4. The minimum Gasteiger partial charge on any atom is -0.508 e. The number of nitrogens with zero attached hydrogens (tertiary/aromatic N) is 1. The molecule has 6 nitrogen and oxygen atoms in total. The Morgan fingerprint density at radius 2 is 2.12 bits per heavy atom. The van der Waals surface area contributed by atoms with Crippen LogP contribution >= 0.6 is 0 Å². The maximum absolute atomic E-state index is 12.1. The minimum absolute atomic E-state index is 0.139. The smallest absolute Gasteiger partial charge is 0.322 e. The highest BCUT2D eigenvalue weighted by atomic mass is 16.5. The Morgan fingerprint density at radius 1 is 1.29 bits per heavy atom. The van der Waals surface area contributed by atoms with Gasteiger partial charge < -0.3 is 20.9 Å². The van der Waals surface area contributed by atoms with Crippen LogP contribution < -0.4 is 11.1 Å². The number of hydrogen-bond acceptors (Lipinski definition) is 6. The lowest BCUT2D eigenvalue weighted by Crippen LogP contribution is -2.59. The van der Waals surface area contributed by atoms with Crippen LogP contribution in [0.4, 0.5) is 0 Å². The van der Waals surface area contributed by atoms with Crippen molar-refractivity contribution >= 4 is 5.97 Å². The number of carbonyl (C=O) groups is 1. The number of rotatable bonds is 13. The van der Waals surface area contributed by atoms with Crippen molar-refractivity contribution in [2.45, 2.75) is 88.6 Å². The molecule has 1 heterocycles. The van der Waals surface area contributed by atoms with Gasteiger partial charge in [-0.1, -0.05) is 25.8 Å². The number of nitrogens with two attached hydrogens (primary N) is 1. The summed E-state index contributed by atoms with van der Waals surface area (Å²) in [5.74, 6) is 1.72. The Hall–Kier alpha value is -1.63. The predicted octanol–water partition coefficient (Wildman–Crippen LogP) is 3.74. The monoisotopic (exact) mass is 471 g/mol. The quantitative estimate of drug-likeness (QED) is 0.300. The van der Waals surface area contributed by atoms with Crippen molar-refractivity contribution in [3.05, 3.63) is 29.3 Å². The summed E-state index contributed by atoms with van der Waals surface area (Å²) in [5, 5.41) is 13.8. The summed E-state index contributed by atoms with van der Waals surface area (Å²) in [6.07, 6.45) is 11.0. The third kappa shape index (κ3) is 5.60. The van der Waals surface area contributed by atoms with Gasteiger partial charge >= 0.3 is 5.97 Å². The largest absolute Gasteiger partial charge is 0.508 e. The van der Waals surface area contributed by atoms with E-state index in [-0.39, 0.29) is 17.4 Å². The zero-order valence-electron chi connectivity index (χ0n) is 21.2. The van der Waals surface area contributed by atoms with E-state index in [4.69, 9.17) is 10.5 Å². The molecule has 1 aliphatic heterocycles. The van der Waals surface area contributed by atoms with Crippen molar-refractivity contribution in [1.29, 1.82) is 0 Å². The molecule has 34 heavy (non-hydrogen) atoms. The summed E-state index contributed by atoms with van der Waals surface area (Å²) in [4.78, 5) is 14.9. The molecule has 4 N–H and O–H groups in total. The van der Waals surface area contributed by atoms with Crippen molar-refractivity contribution in [3.8, 4) is 5.75 Å². The van der Waals surface area contributed by atoms with E-state index in [1.165, 1.54) is 50.6 Å². The van der Waals surface area contributed by atoms with Gasteiger partial charge in [0.15, 0.2) is 0 Å². The number of ether oxygens (including phenoxy) is 1. The molecule has 1 aromatic carbocycles. The van der Waals surface area contributed by atoms with Gasteiger partial charge in [0.05, 0.1) is 7.11 Å². The Balaban J connectivity index is 1.39. The van der Waals surface area contributed by atoms with Crippen molar-refractivity contribution in [2.75, 3.05) is 33.3 Å². The molecule has 2 bridgehead atoms. The van der Waals surface area contributed by atoms with Crippen molar-refractivity contribution in [2.24, 2.45) is 17.6 Å². The highest BCUT2D eigenvalue weighted by molar-refractivity contribution is 5.75. The van der Waals surface area contributed by atoms with Crippen molar-refractivity contribution < 1.29 is 14.6 Å². The summed E-state index contributed by atoms with van der Waals surface area (Å²) in [5.41, 5.74) is 8.58. The van der Waals surface area contributed by atoms with Crippen LogP contribution in [0, 0.1) is 11.8 Å². The molecular weight excluding hydrogens is 426 g/mol. The molecule has 190 valence electrons. The minimum atomic E-state index is -0.240. The maximum atomic E-state index is 12.1. The third-order valence-corrected chi connectivity index (χ3v) is 8.88. The fourth-order valence-corrected chi connectivity index (χ4v) is 6.66. The molecule has 1 saturated carbocycles. The number of esters is 1. The Bertz CT molecular complexity index is 827. The molecule has 0 amide bonds. The van der Waals surface area contributed by atoms with Gasteiger partial charge in [-0.25, -0.2) is 0 Å². The number of phenolic OH excluding ortho intramolecular Hbond substituents is 1. The van der Waals surface area contributed by atoms with Gasteiger partial charge in [0.2, 0.25) is 0 Å². The van der Waals surface area contributed by atoms with Crippen LogP contribution in [0.2, 0.25) is 0 Å². The number of fused-ring (bicyclic) bond motifs is 4. The lowest BCUT2D eigenvalue weighted by Gasteiger charge is -2.56. The molecule has 4 rings (SSSR count). The fourth-order valence-electron chi connectivity index (χ4n) is 6.66. The highest BCUT2D eigenvalue weighted by Crippen LogP contribution is 2.52. The van der Waals surface area contributed by atoms with Crippen LogP contribution in [0.25, 0.3) is 0 Å². The number of aromatic hydroxyl groups is 1. The van der Waals surface area contributed by atoms with Gasteiger partial charge in [-0.15, -0.1) is 0 Å². The number of benzene rings is 1. The van der Waals surface area contributed by atoms with Gasteiger partial charge in [-0.2, -0.15) is 0 Å². The number of likely N-dealkylation sites (tertiary alicyclic amines) is 1. The van der Waals surface area contributed by atoms with E-state index in [0.717, 1.165) is 57.4 Å². The van der Waals surface area contributed by atoms with E-state index in [9.17, 15) is 9.90 Å². The average molecular weight is 472 g/mol. The van der Waals surface area contributed by atoms with Gasteiger partial charge in [0, 0.05) is 18.0 Å². The van der Waals surface area contributed by atoms with Crippen LogP contribution in [0.15, 0.2) is 18.2 Å². The number of unbranched alkanes of at least 4 members (excludes halogenated alkanes) is 2. The molecule has 1 aromatic rings. The molecule has 2 aliphatic carbocycles. The highest BCUT2D eigenvalue weighted by Gasteiger charge is 2.51. The summed E-state index contributed by atoms with van der Waals surface area (Å²) >= 11 is 0. The summed E-state index contributed by atoms with van der Waals surface area (Å²) in [6.45, 7) is 6.37. The zero-order chi connectivity index (χ0) is 24.1. The van der Waals surface area contributed by atoms with E-state index in [0.29, 0.717) is 24.3 Å². The first-order valence-corrected chi connectivity index (χ1v) is 13.6. The Kier molecular flexibility index (Phi) is 8.54. The molecule has 2 fully saturated rings. The first kappa shape index (κ1) is 25.5. The SMILES string of the molecule is COC(=O)[C@H](CCCCN)NCCCC[C@@]12CCN(CC3CC3)[C@H](Cc3ccc(O)cc31)[C@@H]2C. The van der Waals surface area contributed by atoms with Crippen LogP contribution in [-0.4, -0.2) is 61.3 Å². The third-order valence-electron chi connectivity index (χ3n) is 8.88. The van der Waals surface area contributed by atoms with Gasteiger partial charge in [-0.3, -0.25) is 9.69 Å². The van der Waals surface area contributed by atoms with E-state index in [1.54, 1.807) is 0 Å². The number of phenols is 1. The van der Waals surface area contributed by atoms with Crippen LogP contribution in [0.5, 0.6) is 5.75 Å². The molecule has 0 unspecified atom stereocenters. The fraction of sp³-hybridized carbons (Fsp3) is 0.750. The van der Waals surface area contributed by atoms with Gasteiger partial charge in [0.25, 0.3) is 0 Å². The molecule has 0 radical (unpaired) electrons. The molecular formula is C28H45N3O3. The standard InChI is InChI=1S/C28H45N3O3/c1-20-26-17-22-10-11-23(32)18-24(22)28(20,13-16-31(26)19-21-8-9-21)12-4-6-15-30-25(27(33)34-2)7-3-5-14-29/h10-11,18,20-21,25-26,30,32H,3-9,12-17,19,29H2,1-2H3/t20-,25-,26+,28-/m0/s1. The second-order valence-corrected chi connectivity index (χ2v) is 11.0. The predicted molar refractivity (Wildman–Crippen MR) is 136 cm³/mol. The lowest BCUT2D eigenvalue weighted by molar-refractivity contribution is -0.143. The normalized spacial score (nSPS) is 27.3. The average Bonchev–Trinajstić information content (AvgIpc) is 3.65. The number of piperidine rings is 1. The van der Waals surface area contributed by atoms with Gasteiger partial charge in [0.1, 0.15) is 11.8 Å². The molecule has 0 spiro atoms. The lowest BCUT2D eigenvalue weighted by atomic mass is 9.56. The zero-order valence-corrected chi connectivity index (χ0v) is 21.2. The number of hydrogen-bond donors (Lipinski definition) is 3. The molecule has 3 aliphatic rings. The number of methoxy groups -OCH3 is 1. The summed E-state index contributed by atoms with van der Waals surface area (Å²) < 4.78 is 4.99. The number of carbonyl (C=O) groups excluding carboxylic acids is 1. The Labute approximate surface area is 205 Å². The van der Waals surface area contributed by atoms with Crippen LogP contribution in [-0.2, 0) is 21.4 Å². The molecule has 1 saturated heterocycles. The van der Waals surface area contributed by atoms with Crippen molar-refractivity contribution in [3.63, 3.8) is 0 Å².